The van der Waals surface area contributed by atoms with Crippen LogP contribution in [-0.2, 0) is 19.1 Å². The first-order valence-electron chi connectivity index (χ1n) is 6.64. The smallest absolute Gasteiger partial charge is 0.324 e. The fraction of sp³-hybridized carbons (Fsp3) is 0.467. The number of cyclic esters (lactones) is 1. The number of ether oxygens (including phenoxy) is 2. The van der Waals surface area contributed by atoms with E-state index < -0.39 is 17.4 Å². The number of benzene rings is 1. The van der Waals surface area contributed by atoms with E-state index in [4.69, 9.17) is 9.47 Å². The maximum absolute atomic E-state index is 12.3. The number of carbonyl (C=O) groups excluding carboxylic acids is 2. The van der Waals surface area contributed by atoms with Crippen molar-refractivity contribution in [3.8, 4) is 0 Å². The van der Waals surface area contributed by atoms with Crippen LogP contribution in [0.5, 0.6) is 0 Å². The van der Waals surface area contributed by atoms with Gasteiger partial charge in [0.2, 0.25) is 0 Å². The molecule has 4 nitrogen and oxygen atoms in total. The quantitative estimate of drug-likeness (QED) is 0.614. The largest absolute Gasteiger partial charge is 0.468 e. The van der Waals surface area contributed by atoms with Gasteiger partial charge in [-0.05, 0) is 30.5 Å². The van der Waals surface area contributed by atoms with Crippen LogP contribution < -0.4 is 0 Å². The highest BCUT2D eigenvalue weighted by atomic mass is 79.9. The Bertz CT molecular complexity index is 553. The molecule has 2 fully saturated rings. The van der Waals surface area contributed by atoms with E-state index in [1.807, 2.05) is 24.3 Å². The van der Waals surface area contributed by atoms with E-state index in [1.165, 1.54) is 7.11 Å². The topological polar surface area (TPSA) is 52.6 Å². The minimum Gasteiger partial charge on any atom is -0.468 e. The summed E-state index contributed by atoms with van der Waals surface area (Å²) in [5, 5.41) is 0. The number of fused-ring (bicyclic) bond motifs is 1. The predicted octanol–water partition coefficient (Wildman–Crippen LogP) is 3.01. The van der Waals surface area contributed by atoms with Gasteiger partial charge in [0.05, 0.1) is 7.11 Å². The molecule has 106 valence electrons. The number of hydrogen-bond acceptors (Lipinski definition) is 4. The van der Waals surface area contributed by atoms with E-state index >= 15 is 0 Å². The lowest BCUT2D eigenvalue weighted by molar-refractivity contribution is -0.163. The summed E-state index contributed by atoms with van der Waals surface area (Å²) in [7, 11) is 1.33. The summed E-state index contributed by atoms with van der Waals surface area (Å²) >= 11 is 3.39. The molecule has 1 aromatic carbocycles. The summed E-state index contributed by atoms with van der Waals surface area (Å²) < 4.78 is 11.4. The second-order valence-electron chi connectivity index (χ2n) is 5.34. The van der Waals surface area contributed by atoms with Gasteiger partial charge < -0.3 is 9.47 Å². The Morgan fingerprint density at radius 2 is 2.10 bits per heavy atom. The fourth-order valence-electron chi connectivity index (χ4n) is 3.47. The van der Waals surface area contributed by atoms with Crippen molar-refractivity contribution in [3.05, 3.63) is 34.3 Å². The first kappa shape index (κ1) is 13.6. The number of carbonyl (C=O) groups is 2. The molecule has 0 unspecified atom stereocenters. The van der Waals surface area contributed by atoms with Crippen molar-refractivity contribution in [2.24, 2.45) is 11.3 Å². The lowest BCUT2D eigenvalue weighted by atomic mass is 9.76. The van der Waals surface area contributed by atoms with Gasteiger partial charge in [-0.1, -0.05) is 34.5 Å². The van der Waals surface area contributed by atoms with Crippen LogP contribution in [0.15, 0.2) is 28.7 Å². The molecule has 0 aromatic heterocycles. The molecule has 1 saturated heterocycles. The van der Waals surface area contributed by atoms with Gasteiger partial charge >= 0.3 is 11.9 Å². The van der Waals surface area contributed by atoms with Gasteiger partial charge in [0.15, 0.2) is 5.41 Å². The van der Waals surface area contributed by atoms with E-state index in [0.29, 0.717) is 6.42 Å². The zero-order valence-corrected chi connectivity index (χ0v) is 12.7. The molecule has 5 heteroatoms. The van der Waals surface area contributed by atoms with Crippen LogP contribution >= 0.6 is 15.9 Å². The summed E-state index contributed by atoms with van der Waals surface area (Å²) in [5.41, 5.74) is -0.161. The standard InChI is InChI=1S/C15H15BrO4/c1-19-13(17)15-8-2-3-11(15)12(20-14(15)18)9-4-6-10(16)7-5-9/h4-7,11-12H,2-3,8H2,1H3/t11-,12-,15-/m0/s1. The molecule has 0 radical (unpaired) electrons. The van der Waals surface area contributed by atoms with Gasteiger partial charge in [0.1, 0.15) is 6.10 Å². The molecule has 0 spiro atoms. The van der Waals surface area contributed by atoms with E-state index in [-0.39, 0.29) is 12.0 Å². The van der Waals surface area contributed by atoms with Crippen molar-refractivity contribution < 1.29 is 19.1 Å². The van der Waals surface area contributed by atoms with Crippen molar-refractivity contribution in [1.82, 2.24) is 0 Å². The molecule has 0 N–H and O–H groups in total. The Kier molecular flexibility index (Phi) is 3.32. The van der Waals surface area contributed by atoms with Crippen LogP contribution in [0.3, 0.4) is 0 Å². The number of halogens is 1. The van der Waals surface area contributed by atoms with Gasteiger partial charge in [-0.15, -0.1) is 0 Å². The summed E-state index contributed by atoms with van der Waals surface area (Å²) in [6.45, 7) is 0. The van der Waals surface area contributed by atoms with Crippen LogP contribution in [0.25, 0.3) is 0 Å². The Hall–Kier alpha value is -1.36. The first-order chi connectivity index (χ1) is 9.59. The van der Waals surface area contributed by atoms with Gasteiger partial charge in [-0.2, -0.15) is 0 Å². The van der Waals surface area contributed by atoms with E-state index in [1.54, 1.807) is 0 Å². The second kappa shape index (κ2) is 4.88. The molecule has 2 aliphatic rings. The van der Waals surface area contributed by atoms with Gasteiger partial charge in [-0.3, -0.25) is 9.59 Å². The molecule has 1 aliphatic heterocycles. The number of rotatable bonds is 2. The lowest BCUT2D eigenvalue weighted by Crippen LogP contribution is -2.39. The second-order valence-corrected chi connectivity index (χ2v) is 6.25. The summed E-state index contributed by atoms with van der Waals surface area (Å²) in [4.78, 5) is 24.4. The van der Waals surface area contributed by atoms with Crippen LogP contribution in [0.2, 0.25) is 0 Å². The van der Waals surface area contributed by atoms with Gasteiger partial charge in [0.25, 0.3) is 0 Å². The number of methoxy groups -OCH3 is 1. The third kappa shape index (κ3) is 1.79. The summed E-state index contributed by atoms with van der Waals surface area (Å²) in [5.74, 6) is -1.01. The van der Waals surface area contributed by atoms with Crippen molar-refractivity contribution in [2.75, 3.05) is 7.11 Å². The molecule has 1 heterocycles. The highest BCUT2D eigenvalue weighted by molar-refractivity contribution is 9.10. The van der Waals surface area contributed by atoms with Crippen molar-refractivity contribution in [1.29, 1.82) is 0 Å². The average Bonchev–Trinajstić information content (AvgIpc) is 3.00. The maximum Gasteiger partial charge on any atom is 0.324 e. The molecule has 3 atom stereocenters. The van der Waals surface area contributed by atoms with Crippen LogP contribution in [0, 0.1) is 11.3 Å². The molecular formula is C15H15BrO4. The monoisotopic (exact) mass is 338 g/mol. The molecule has 1 aliphatic carbocycles. The lowest BCUT2D eigenvalue weighted by Gasteiger charge is -2.22. The van der Waals surface area contributed by atoms with Crippen LogP contribution in [0.1, 0.15) is 30.9 Å². The first-order valence-corrected chi connectivity index (χ1v) is 7.44. The highest BCUT2D eigenvalue weighted by Crippen LogP contribution is 2.57. The zero-order valence-electron chi connectivity index (χ0n) is 11.1. The van der Waals surface area contributed by atoms with Gasteiger partial charge in [0, 0.05) is 10.4 Å². The molecule has 1 saturated carbocycles. The normalized spacial score (nSPS) is 31.8. The molecule has 0 amide bonds. The Labute approximate surface area is 125 Å². The molecule has 3 rings (SSSR count). The summed E-state index contributed by atoms with van der Waals surface area (Å²) in [6, 6.07) is 7.67. The van der Waals surface area contributed by atoms with E-state index in [2.05, 4.69) is 15.9 Å². The molecule has 1 aromatic rings. The molecule has 0 bridgehead atoms. The maximum atomic E-state index is 12.3. The number of hydrogen-bond donors (Lipinski definition) is 0. The van der Waals surface area contributed by atoms with Gasteiger partial charge in [-0.25, -0.2) is 0 Å². The average molecular weight is 339 g/mol. The van der Waals surface area contributed by atoms with Crippen molar-refractivity contribution in [3.63, 3.8) is 0 Å². The predicted molar refractivity (Wildman–Crippen MR) is 74.8 cm³/mol. The number of esters is 2. The Morgan fingerprint density at radius 3 is 2.75 bits per heavy atom. The van der Waals surface area contributed by atoms with Crippen LogP contribution in [-0.4, -0.2) is 19.0 Å². The molecule has 20 heavy (non-hydrogen) atoms. The van der Waals surface area contributed by atoms with Crippen molar-refractivity contribution >= 4 is 27.9 Å². The Morgan fingerprint density at radius 1 is 1.40 bits per heavy atom. The van der Waals surface area contributed by atoms with E-state index in [9.17, 15) is 9.59 Å². The fourth-order valence-corrected chi connectivity index (χ4v) is 3.73. The zero-order chi connectivity index (χ0) is 14.3. The third-order valence-electron chi connectivity index (χ3n) is 4.43. The van der Waals surface area contributed by atoms with E-state index in [0.717, 1.165) is 22.9 Å². The third-order valence-corrected chi connectivity index (χ3v) is 4.96. The van der Waals surface area contributed by atoms with Crippen LogP contribution in [0.4, 0.5) is 0 Å². The molecular weight excluding hydrogens is 324 g/mol. The summed E-state index contributed by atoms with van der Waals surface area (Å²) in [6.07, 6.45) is 1.83. The SMILES string of the molecule is COC(=O)[C@]12CCC[C@H]1[C@H](c1ccc(Br)cc1)OC2=O. The minimum atomic E-state index is -1.09. The van der Waals surface area contributed by atoms with Crippen molar-refractivity contribution in [2.45, 2.75) is 25.4 Å². The minimum absolute atomic E-state index is 0.122. The highest BCUT2D eigenvalue weighted by Gasteiger charge is 2.65. The Balaban J connectivity index is 1.99.